The SMILES string of the molecule is CCOC(=O)c1c(NC(=O)COC(=O)c2ccc(NC)c([N+](=O)[O-])c2)sc(C(=O)NC)c1C. The first kappa shape index (κ1) is 25.3. The summed E-state index contributed by atoms with van der Waals surface area (Å²) in [4.78, 5) is 59.7. The Balaban J connectivity index is 2.17. The zero-order valence-electron chi connectivity index (χ0n) is 18.3. The molecule has 33 heavy (non-hydrogen) atoms. The van der Waals surface area contributed by atoms with E-state index in [1.54, 1.807) is 13.8 Å². The van der Waals surface area contributed by atoms with Gasteiger partial charge in [-0.1, -0.05) is 0 Å². The van der Waals surface area contributed by atoms with Gasteiger partial charge in [-0.2, -0.15) is 0 Å². The second kappa shape index (κ2) is 11.0. The Hall–Kier alpha value is -4.00. The fraction of sp³-hybridized carbons (Fsp3) is 0.300. The first-order chi connectivity index (χ1) is 15.6. The zero-order chi connectivity index (χ0) is 24.7. The molecule has 0 radical (unpaired) electrons. The molecular weight excluding hydrogens is 456 g/mol. The van der Waals surface area contributed by atoms with Crippen LogP contribution in [0, 0.1) is 17.0 Å². The molecule has 0 unspecified atom stereocenters. The van der Waals surface area contributed by atoms with Gasteiger partial charge in [0.15, 0.2) is 6.61 Å². The number of hydrogen-bond donors (Lipinski definition) is 3. The number of hydrogen-bond acceptors (Lipinski definition) is 10. The van der Waals surface area contributed by atoms with E-state index in [9.17, 15) is 29.3 Å². The van der Waals surface area contributed by atoms with E-state index >= 15 is 0 Å². The lowest BCUT2D eigenvalue weighted by Crippen LogP contribution is -2.22. The first-order valence-electron chi connectivity index (χ1n) is 9.60. The number of benzene rings is 1. The third kappa shape index (κ3) is 5.83. The molecule has 2 rings (SSSR count). The quantitative estimate of drug-likeness (QED) is 0.278. The lowest BCUT2D eigenvalue weighted by atomic mass is 10.1. The predicted molar refractivity (Wildman–Crippen MR) is 120 cm³/mol. The van der Waals surface area contributed by atoms with E-state index in [-0.39, 0.29) is 39.0 Å². The molecule has 1 heterocycles. The van der Waals surface area contributed by atoms with E-state index in [1.807, 2.05) is 0 Å². The fourth-order valence-electron chi connectivity index (χ4n) is 2.78. The molecule has 0 saturated carbocycles. The number of amides is 2. The molecule has 13 heteroatoms. The summed E-state index contributed by atoms with van der Waals surface area (Å²) in [5.74, 6) is -2.89. The van der Waals surface area contributed by atoms with E-state index in [4.69, 9.17) is 9.47 Å². The third-order valence-corrected chi connectivity index (χ3v) is 5.55. The van der Waals surface area contributed by atoms with E-state index in [0.717, 1.165) is 17.4 Å². The largest absolute Gasteiger partial charge is 0.462 e. The Labute approximate surface area is 192 Å². The average Bonchev–Trinajstić information content (AvgIpc) is 3.11. The number of carbonyl (C=O) groups is 4. The Morgan fingerprint density at radius 3 is 2.39 bits per heavy atom. The van der Waals surface area contributed by atoms with Crippen LogP contribution in [0.25, 0.3) is 0 Å². The van der Waals surface area contributed by atoms with Crippen molar-refractivity contribution in [2.45, 2.75) is 13.8 Å². The Morgan fingerprint density at radius 2 is 1.82 bits per heavy atom. The molecule has 12 nitrogen and oxygen atoms in total. The summed E-state index contributed by atoms with van der Waals surface area (Å²) in [5.41, 5.74) is 0.127. The number of anilines is 2. The molecular formula is C20H22N4O8S. The highest BCUT2D eigenvalue weighted by Crippen LogP contribution is 2.34. The van der Waals surface area contributed by atoms with Crippen LogP contribution in [-0.4, -0.2) is 56.0 Å². The lowest BCUT2D eigenvalue weighted by Gasteiger charge is -2.08. The molecule has 0 spiro atoms. The van der Waals surface area contributed by atoms with Gasteiger partial charge in [0, 0.05) is 20.2 Å². The highest BCUT2D eigenvalue weighted by Gasteiger charge is 2.26. The molecule has 2 aromatic rings. The molecule has 3 N–H and O–H groups in total. The van der Waals surface area contributed by atoms with Crippen molar-refractivity contribution < 1.29 is 33.6 Å². The summed E-state index contributed by atoms with van der Waals surface area (Å²) < 4.78 is 9.94. The monoisotopic (exact) mass is 478 g/mol. The van der Waals surface area contributed by atoms with Crippen LogP contribution in [0.4, 0.5) is 16.4 Å². The smallest absolute Gasteiger partial charge is 0.341 e. The van der Waals surface area contributed by atoms with Gasteiger partial charge >= 0.3 is 11.9 Å². The van der Waals surface area contributed by atoms with Crippen molar-refractivity contribution in [3.8, 4) is 0 Å². The number of ether oxygens (including phenoxy) is 2. The lowest BCUT2D eigenvalue weighted by molar-refractivity contribution is -0.384. The molecule has 0 aliphatic rings. The zero-order valence-corrected chi connectivity index (χ0v) is 19.1. The summed E-state index contributed by atoms with van der Waals surface area (Å²) in [6.07, 6.45) is 0. The highest BCUT2D eigenvalue weighted by atomic mass is 32.1. The van der Waals surface area contributed by atoms with Crippen molar-refractivity contribution in [2.75, 3.05) is 37.9 Å². The highest BCUT2D eigenvalue weighted by molar-refractivity contribution is 7.18. The summed E-state index contributed by atoms with van der Waals surface area (Å²) in [7, 11) is 2.92. The summed E-state index contributed by atoms with van der Waals surface area (Å²) >= 11 is 0.874. The number of nitrogens with one attached hydrogen (secondary N) is 3. The van der Waals surface area contributed by atoms with Crippen LogP contribution in [0.1, 0.15) is 42.9 Å². The molecule has 176 valence electrons. The van der Waals surface area contributed by atoms with Gasteiger partial charge < -0.3 is 25.4 Å². The standard InChI is InChI=1S/C20H22N4O8S/c1-5-31-20(28)15-10(2)16(17(26)22-4)33-18(15)23-14(25)9-32-19(27)11-6-7-12(21-3)13(8-11)24(29)30/h6-8,21H,5,9H2,1-4H3,(H,22,26)(H,23,25). The number of nitro groups is 1. The number of carbonyl (C=O) groups excluding carboxylic acids is 4. The van der Waals surface area contributed by atoms with Gasteiger partial charge in [-0.15, -0.1) is 11.3 Å². The average molecular weight is 478 g/mol. The fourth-order valence-corrected chi connectivity index (χ4v) is 3.94. The summed E-state index contributed by atoms with van der Waals surface area (Å²) in [5, 5.41) is 18.7. The van der Waals surface area contributed by atoms with E-state index < -0.39 is 35.3 Å². The van der Waals surface area contributed by atoms with E-state index in [0.29, 0.717) is 5.56 Å². The minimum atomic E-state index is -0.949. The Bertz CT molecular complexity index is 1110. The molecule has 1 aromatic carbocycles. The van der Waals surface area contributed by atoms with Crippen molar-refractivity contribution in [3.05, 3.63) is 49.9 Å². The van der Waals surface area contributed by atoms with Gasteiger partial charge in [0.05, 0.1) is 27.5 Å². The van der Waals surface area contributed by atoms with Crippen molar-refractivity contribution in [2.24, 2.45) is 0 Å². The number of esters is 2. The summed E-state index contributed by atoms with van der Waals surface area (Å²) in [6.45, 7) is 2.52. The van der Waals surface area contributed by atoms with Crippen LogP contribution >= 0.6 is 11.3 Å². The van der Waals surface area contributed by atoms with Crippen LogP contribution < -0.4 is 16.0 Å². The van der Waals surface area contributed by atoms with Gasteiger partial charge in [-0.25, -0.2) is 9.59 Å². The van der Waals surface area contributed by atoms with Gasteiger partial charge in [0.2, 0.25) is 0 Å². The number of thiophene rings is 1. The normalized spacial score (nSPS) is 10.2. The minimum Gasteiger partial charge on any atom is -0.462 e. The molecule has 0 atom stereocenters. The van der Waals surface area contributed by atoms with Crippen LogP contribution in [0.2, 0.25) is 0 Å². The second-order valence-electron chi connectivity index (χ2n) is 6.42. The molecule has 2 amide bonds. The maximum atomic E-state index is 12.4. The van der Waals surface area contributed by atoms with Crippen molar-refractivity contribution in [1.29, 1.82) is 0 Å². The van der Waals surface area contributed by atoms with Crippen molar-refractivity contribution in [3.63, 3.8) is 0 Å². The van der Waals surface area contributed by atoms with Crippen molar-refractivity contribution in [1.82, 2.24) is 5.32 Å². The second-order valence-corrected chi connectivity index (χ2v) is 7.44. The van der Waals surface area contributed by atoms with Crippen molar-refractivity contribution >= 4 is 51.5 Å². The van der Waals surface area contributed by atoms with Crippen LogP contribution in [0.15, 0.2) is 18.2 Å². The summed E-state index contributed by atoms with van der Waals surface area (Å²) in [6, 6.07) is 3.69. The molecule has 0 saturated heterocycles. The van der Waals surface area contributed by atoms with Crippen LogP contribution in [0.5, 0.6) is 0 Å². The Morgan fingerprint density at radius 1 is 1.12 bits per heavy atom. The van der Waals surface area contributed by atoms with Crippen LogP contribution in [0.3, 0.4) is 0 Å². The molecule has 1 aromatic heterocycles. The first-order valence-corrected chi connectivity index (χ1v) is 10.4. The molecule has 0 aliphatic heterocycles. The topological polar surface area (TPSA) is 166 Å². The Kier molecular flexibility index (Phi) is 8.45. The number of nitrogens with zero attached hydrogens (tertiary/aromatic N) is 1. The minimum absolute atomic E-state index is 0.0263. The molecule has 0 aliphatic carbocycles. The van der Waals surface area contributed by atoms with Gasteiger partial charge in [-0.05, 0) is 31.5 Å². The van der Waals surface area contributed by atoms with Gasteiger partial charge in [0.25, 0.3) is 17.5 Å². The van der Waals surface area contributed by atoms with Crippen LogP contribution in [-0.2, 0) is 14.3 Å². The van der Waals surface area contributed by atoms with Gasteiger partial charge in [0.1, 0.15) is 10.7 Å². The maximum Gasteiger partial charge on any atom is 0.341 e. The third-order valence-electron chi connectivity index (χ3n) is 4.35. The van der Waals surface area contributed by atoms with E-state index in [2.05, 4.69) is 16.0 Å². The molecule has 0 fully saturated rings. The molecule has 0 bridgehead atoms. The predicted octanol–water partition coefficient (Wildman–Crippen LogP) is 2.34. The van der Waals surface area contributed by atoms with Gasteiger partial charge in [-0.3, -0.25) is 19.7 Å². The van der Waals surface area contributed by atoms with E-state index in [1.165, 1.54) is 26.2 Å². The number of rotatable bonds is 9. The number of nitro benzene ring substituents is 1. The maximum absolute atomic E-state index is 12.4.